The number of hydrogen-bond donors (Lipinski definition) is 2. The summed E-state index contributed by atoms with van der Waals surface area (Å²) in [6.07, 6.45) is -6.69. The number of nitrogens with one attached hydrogen (secondary N) is 1. The van der Waals surface area contributed by atoms with Crippen molar-refractivity contribution in [1.82, 2.24) is 5.32 Å². The number of aliphatic carboxylic acids is 1. The average molecular weight is 356 g/mol. The van der Waals surface area contributed by atoms with E-state index in [0.29, 0.717) is 0 Å². The minimum Gasteiger partial charge on any atom is -0.478 e. The number of carbonyl (C=O) groups is 2. The number of rotatable bonds is 5. The lowest BCUT2D eigenvalue weighted by Crippen LogP contribution is -2.45. The number of carboxylic acids is 1. The maximum absolute atomic E-state index is 12.0. The summed E-state index contributed by atoms with van der Waals surface area (Å²) in [5.41, 5.74) is 0. The van der Waals surface area contributed by atoms with Crippen LogP contribution in [-0.2, 0) is 9.59 Å². The Morgan fingerprint density at radius 2 is 1.85 bits per heavy atom. The smallest absolute Gasteiger partial charge is 0.471 e. The Kier molecular flexibility index (Phi) is 5.37. The predicted molar refractivity (Wildman–Crippen MR) is 65.3 cm³/mol. The number of amides is 1. The average Bonchev–Trinajstić information content (AvgIpc) is 2.34. The third kappa shape index (κ3) is 5.08. The molecule has 0 aliphatic heterocycles. The molecule has 0 spiro atoms. The number of halogens is 4. The maximum atomic E-state index is 12.0. The first-order valence-electron chi connectivity index (χ1n) is 5.20. The molecule has 0 bridgehead atoms. The van der Waals surface area contributed by atoms with Gasteiger partial charge in [0.25, 0.3) is 0 Å². The summed E-state index contributed by atoms with van der Waals surface area (Å²) in [6.45, 7) is -0.802. The summed E-state index contributed by atoms with van der Waals surface area (Å²) in [6, 6.07) is 6.02. The van der Waals surface area contributed by atoms with Gasteiger partial charge in [-0.1, -0.05) is 15.9 Å². The summed E-state index contributed by atoms with van der Waals surface area (Å²) in [5.74, 6) is -3.56. The first kappa shape index (κ1) is 16.3. The largest absolute Gasteiger partial charge is 0.478 e. The van der Waals surface area contributed by atoms with Crippen molar-refractivity contribution >= 4 is 27.8 Å². The van der Waals surface area contributed by atoms with E-state index in [-0.39, 0.29) is 5.75 Å². The molecule has 0 heterocycles. The summed E-state index contributed by atoms with van der Waals surface area (Å²) in [5, 5.41) is 10.3. The lowest BCUT2D eigenvalue weighted by molar-refractivity contribution is -0.174. The van der Waals surface area contributed by atoms with Crippen LogP contribution in [-0.4, -0.2) is 35.8 Å². The van der Waals surface area contributed by atoms with Gasteiger partial charge < -0.3 is 15.2 Å². The highest BCUT2D eigenvalue weighted by Crippen LogP contribution is 2.18. The standard InChI is InChI=1S/C11H9BrF3NO4/c12-6-1-3-7(4-2-6)20-8(9(17)18)5-16-10(19)11(13,14)15/h1-4,8H,5H2,(H,16,19)(H,17,18). The van der Waals surface area contributed by atoms with Crippen LogP contribution >= 0.6 is 15.9 Å². The zero-order valence-corrected chi connectivity index (χ0v) is 11.4. The molecule has 20 heavy (non-hydrogen) atoms. The molecule has 0 saturated carbocycles. The van der Waals surface area contributed by atoms with E-state index in [0.717, 1.165) is 4.47 Å². The molecule has 0 fully saturated rings. The van der Waals surface area contributed by atoms with Crippen LogP contribution < -0.4 is 10.1 Å². The van der Waals surface area contributed by atoms with Crippen molar-refractivity contribution in [1.29, 1.82) is 0 Å². The van der Waals surface area contributed by atoms with E-state index in [9.17, 15) is 22.8 Å². The number of carboxylic acid groups (broad SMARTS) is 1. The Morgan fingerprint density at radius 3 is 2.30 bits per heavy atom. The van der Waals surface area contributed by atoms with Crippen molar-refractivity contribution in [3.63, 3.8) is 0 Å². The molecule has 1 unspecified atom stereocenters. The van der Waals surface area contributed by atoms with Crippen molar-refractivity contribution in [3.8, 4) is 5.75 Å². The summed E-state index contributed by atoms with van der Waals surface area (Å²) >= 11 is 3.16. The van der Waals surface area contributed by atoms with Crippen LogP contribution in [0.3, 0.4) is 0 Å². The van der Waals surface area contributed by atoms with E-state index in [1.807, 2.05) is 0 Å². The Labute approximate surface area is 119 Å². The molecule has 1 aromatic carbocycles. The first-order chi connectivity index (χ1) is 9.20. The van der Waals surface area contributed by atoms with Gasteiger partial charge in [0, 0.05) is 4.47 Å². The molecule has 0 aliphatic rings. The van der Waals surface area contributed by atoms with Gasteiger partial charge in [0.15, 0.2) is 0 Å². The third-order valence-electron chi connectivity index (χ3n) is 2.07. The molecule has 1 atom stereocenters. The highest BCUT2D eigenvalue weighted by Gasteiger charge is 2.39. The van der Waals surface area contributed by atoms with Gasteiger partial charge in [-0.2, -0.15) is 13.2 Å². The summed E-state index contributed by atoms with van der Waals surface area (Å²) in [4.78, 5) is 21.5. The highest BCUT2D eigenvalue weighted by molar-refractivity contribution is 9.10. The zero-order valence-electron chi connectivity index (χ0n) is 9.78. The second-order valence-electron chi connectivity index (χ2n) is 3.61. The molecule has 1 amide bonds. The van der Waals surface area contributed by atoms with E-state index in [1.165, 1.54) is 17.4 Å². The van der Waals surface area contributed by atoms with Crippen LogP contribution in [0.4, 0.5) is 13.2 Å². The number of hydrogen-bond acceptors (Lipinski definition) is 3. The van der Waals surface area contributed by atoms with Gasteiger partial charge in [0.05, 0.1) is 6.54 Å². The van der Waals surface area contributed by atoms with E-state index in [1.54, 1.807) is 12.1 Å². The Balaban J connectivity index is 2.64. The van der Waals surface area contributed by atoms with Gasteiger partial charge in [0.2, 0.25) is 6.10 Å². The molecule has 5 nitrogen and oxygen atoms in total. The molecule has 0 radical (unpaired) electrons. The fraction of sp³-hybridized carbons (Fsp3) is 0.273. The minimum atomic E-state index is -5.07. The van der Waals surface area contributed by atoms with Gasteiger partial charge in [-0.25, -0.2) is 4.79 Å². The normalized spacial score (nSPS) is 12.6. The Morgan fingerprint density at radius 1 is 1.30 bits per heavy atom. The van der Waals surface area contributed by atoms with Crippen molar-refractivity contribution in [2.24, 2.45) is 0 Å². The van der Waals surface area contributed by atoms with Gasteiger partial charge >= 0.3 is 18.1 Å². The second kappa shape index (κ2) is 6.60. The van der Waals surface area contributed by atoms with E-state index in [2.05, 4.69) is 15.9 Å². The molecular formula is C11H9BrF3NO4. The van der Waals surface area contributed by atoms with Crippen molar-refractivity contribution in [3.05, 3.63) is 28.7 Å². The third-order valence-corrected chi connectivity index (χ3v) is 2.60. The minimum absolute atomic E-state index is 0.154. The van der Waals surface area contributed by atoms with Gasteiger partial charge in [0.1, 0.15) is 5.75 Å². The first-order valence-corrected chi connectivity index (χ1v) is 5.99. The van der Waals surface area contributed by atoms with Crippen LogP contribution in [0.2, 0.25) is 0 Å². The summed E-state index contributed by atoms with van der Waals surface area (Å²) in [7, 11) is 0. The number of benzene rings is 1. The number of carbonyl (C=O) groups excluding carboxylic acids is 1. The Hall–Kier alpha value is -1.77. The van der Waals surface area contributed by atoms with E-state index >= 15 is 0 Å². The van der Waals surface area contributed by atoms with Crippen LogP contribution in [0.25, 0.3) is 0 Å². The Bertz CT molecular complexity index is 489. The highest BCUT2D eigenvalue weighted by atomic mass is 79.9. The van der Waals surface area contributed by atoms with E-state index < -0.39 is 30.7 Å². The summed E-state index contributed by atoms with van der Waals surface area (Å²) < 4.78 is 41.6. The van der Waals surface area contributed by atoms with Crippen molar-refractivity contribution < 1.29 is 32.6 Å². The molecule has 2 N–H and O–H groups in total. The number of ether oxygens (including phenoxy) is 1. The topological polar surface area (TPSA) is 75.6 Å². The van der Waals surface area contributed by atoms with Crippen LogP contribution in [0.1, 0.15) is 0 Å². The molecule has 0 saturated heterocycles. The monoisotopic (exact) mass is 355 g/mol. The number of alkyl halides is 3. The van der Waals surface area contributed by atoms with Gasteiger partial charge in [-0.15, -0.1) is 0 Å². The lowest BCUT2D eigenvalue weighted by atomic mass is 10.3. The molecule has 1 aromatic rings. The van der Waals surface area contributed by atoms with E-state index in [4.69, 9.17) is 9.84 Å². The molecular weight excluding hydrogens is 347 g/mol. The maximum Gasteiger partial charge on any atom is 0.471 e. The fourth-order valence-electron chi connectivity index (χ4n) is 1.14. The fourth-order valence-corrected chi connectivity index (χ4v) is 1.41. The molecule has 9 heteroatoms. The molecule has 0 aliphatic carbocycles. The van der Waals surface area contributed by atoms with Crippen LogP contribution in [0, 0.1) is 0 Å². The lowest BCUT2D eigenvalue weighted by Gasteiger charge is -2.16. The van der Waals surface area contributed by atoms with Crippen molar-refractivity contribution in [2.75, 3.05) is 6.54 Å². The predicted octanol–water partition coefficient (Wildman–Crippen LogP) is 1.96. The second-order valence-corrected chi connectivity index (χ2v) is 4.52. The van der Waals surface area contributed by atoms with Gasteiger partial charge in [-0.3, -0.25) is 4.79 Å². The SMILES string of the molecule is O=C(O)C(CNC(=O)C(F)(F)F)Oc1ccc(Br)cc1. The molecule has 110 valence electrons. The zero-order chi connectivity index (χ0) is 15.3. The molecule has 0 aromatic heterocycles. The quantitative estimate of drug-likeness (QED) is 0.846. The van der Waals surface area contributed by atoms with Crippen molar-refractivity contribution in [2.45, 2.75) is 12.3 Å². The van der Waals surface area contributed by atoms with Crippen LogP contribution in [0.5, 0.6) is 5.75 Å². The van der Waals surface area contributed by atoms with Crippen LogP contribution in [0.15, 0.2) is 28.7 Å². The van der Waals surface area contributed by atoms with Gasteiger partial charge in [-0.05, 0) is 24.3 Å². The molecule has 1 rings (SSSR count).